The van der Waals surface area contributed by atoms with Crippen LogP contribution in [0, 0.1) is 12.7 Å². The van der Waals surface area contributed by atoms with E-state index >= 15 is 0 Å². The molecule has 12 heteroatoms. The van der Waals surface area contributed by atoms with E-state index in [0.717, 1.165) is 5.56 Å². The third-order valence-electron chi connectivity index (χ3n) is 5.83. The van der Waals surface area contributed by atoms with Gasteiger partial charge in [0.1, 0.15) is 17.9 Å². The van der Waals surface area contributed by atoms with Crippen molar-refractivity contribution in [2.24, 2.45) is 0 Å². The number of methoxy groups -OCH3 is 1. The van der Waals surface area contributed by atoms with E-state index in [1.54, 1.807) is 37.4 Å². The maximum absolute atomic E-state index is 13.3. The lowest BCUT2D eigenvalue weighted by atomic mass is 10.2. The monoisotopic (exact) mass is 483 g/mol. The number of nitrogens with zero attached hydrogens (tertiary/aromatic N) is 7. The van der Waals surface area contributed by atoms with Gasteiger partial charge in [-0.2, -0.15) is 8.99 Å². The molecule has 34 heavy (non-hydrogen) atoms. The number of aromatic nitrogens is 5. The van der Waals surface area contributed by atoms with Gasteiger partial charge in [-0.25, -0.2) is 22.8 Å². The molecule has 0 unspecified atom stereocenters. The highest BCUT2D eigenvalue weighted by Gasteiger charge is 2.30. The van der Waals surface area contributed by atoms with E-state index < -0.39 is 10.0 Å². The van der Waals surface area contributed by atoms with Crippen LogP contribution in [0.2, 0.25) is 0 Å². The molecule has 1 aliphatic rings. The van der Waals surface area contributed by atoms with Gasteiger partial charge in [-0.3, -0.25) is 0 Å². The highest BCUT2D eigenvalue weighted by Crippen LogP contribution is 2.27. The van der Waals surface area contributed by atoms with Crippen molar-refractivity contribution in [3.05, 3.63) is 60.2 Å². The van der Waals surface area contributed by atoms with E-state index in [2.05, 4.69) is 20.3 Å². The minimum Gasteiger partial charge on any atom is -0.496 e. The van der Waals surface area contributed by atoms with Crippen molar-refractivity contribution in [2.75, 3.05) is 38.2 Å². The fourth-order valence-corrected chi connectivity index (χ4v) is 5.53. The van der Waals surface area contributed by atoms with Crippen LogP contribution < -0.4 is 9.64 Å². The van der Waals surface area contributed by atoms with Gasteiger partial charge in [0.15, 0.2) is 17.0 Å². The summed E-state index contributed by atoms with van der Waals surface area (Å²) in [5.74, 6) is 0.877. The van der Waals surface area contributed by atoms with Gasteiger partial charge >= 0.3 is 0 Å². The Morgan fingerprint density at radius 3 is 2.41 bits per heavy atom. The molecular formula is C22H22FN7O3S. The molecule has 10 nitrogen and oxygen atoms in total. The fraction of sp³-hybridized carbons (Fsp3) is 0.273. The van der Waals surface area contributed by atoms with Gasteiger partial charge in [0.05, 0.1) is 17.7 Å². The summed E-state index contributed by atoms with van der Waals surface area (Å²) in [4.78, 5) is 10.9. The number of halogens is 1. The molecule has 5 rings (SSSR count). The second-order valence-corrected chi connectivity index (χ2v) is 9.81. The number of ether oxygens (including phenoxy) is 1. The largest absolute Gasteiger partial charge is 0.496 e. The molecule has 1 aliphatic heterocycles. The zero-order valence-electron chi connectivity index (χ0n) is 18.6. The average Bonchev–Trinajstić information content (AvgIpc) is 3.29. The summed E-state index contributed by atoms with van der Waals surface area (Å²) in [6.07, 6.45) is 1.42. The Morgan fingerprint density at radius 2 is 1.74 bits per heavy atom. The second kappa shape index (κ2) is 8.61. The standard InChI is InChI=1S/C22H22FN7O3S/c1-15-13-18(7-8-19(15)33-2)34(31,32)29-11-9-28(10-12-29)21-20-22(25-14-24-21)30(27-26-20)17-5-3-16(23)4-6-17/h3-8,13-14H,9-12H2,1-2H3. The molecule has 1 fully saturated rings. The molecule has 0 spiro atoms. The Hall–Kier alpha value is -3.64. The van der Waals surface area contributed by atoms with Crippen molar-refractivity contribution >= 4 is 27.0 Å². The van der Waals surface area contributed by atoms with E-state index in [-0.39, 0.29) is 10.7 Å². The minimum absolute atomic E-state index is 0.242. The first-order valence-electron chi connectivity index (χ1n) is 10.6. The Kier molecular flexibility index (Phi) is 5.62. The molecule has 0 saturated carbocycles. The lowest BCUT2D eigenvalue weighted by Gasteiger charge is -2.34. The van der Waals surface area contributed by atoms with Gasteiger partial charge in [-0.15, -0.1) is 5.10 Å². The first kappa shape index (κ1) is 22.2. The quantitative estimate of drug-likeness (QED) is 0.425. The molecule has 0 radical (unpaired) electrons. The van der Waals surface area contributed by atoms with Crippen LogP contribution >= 0.6 is 0 Å². The number of hydrogen-bond acceptors (Lipinski definition) is 8. The van der Waals surface area contributed by atoms with Crippen molar-refractivity contribution in [1.82, 2.24) is 29.3 Å². The molecule has 0 atom stereocenters. The molecule has 176 valence electrons. The zero-order valence-corrected chi connectivity index (χ0v) is 19.4. The number of hydrogen-bond donors (Lipinski definition) is 0. The van der Waals surface area contributed by atoms with Crippen LogP contribution in [0.3, 0.4) is 0 Å². The van der Waals surface area contributed by atoms with Gasteiger partial charge in [0, 0.05) is 26.2 Å². The van der Waals surface area contributed by atoms with E-state index in [1.807, 2.05) is 11.8 Å². The third-order valence-corrected chi connectivity index (χ3v) is 7.73. The highest BCUT2D eigenvalue weighted by molar-refractivity contribution is 7.89. The molecule has 2 aromatic heterocycles. The maximum Gasteiger partial charge on any atom is 0.243 e. The first-order chi connectivity index (χ1) is 16.4. The van der Waals surface area contributed by atoms with E-state index in [4.69, 9.17) is 4.74 Å². The smallest absolute Gasteiger partial charge is 0.243 e. The Labute approximate surface area is 195 Å². The molecule has 0 N–H and O–H groups in total. The second-order valence-electron chi connectivity index (χ2n) is 7.87. The number of anilines is 1. The molecule has 0 bridgehead atoms. The topological polar surface area (TPSA) is 106 Å². The van der Waals surface area contributed by atoms with Crippen LogP contribution in [-0.2, 0) is 10.0 Å². The van der Waals surface area contributed by atoms with Gasteiger partial charge in [-0.1, -0.05) is 5.21 Å². The van der Waals surface area contributed by atoms with Crippen molar-refractivity contribution in [1.29, 1.82) is 0 Å². The number of rotatable bonds is 5. The molecule has 1 saturated heterocycles. The molecule has 2 aromatic carbocycles. The fourth-order valence-electron chi connectivity index (χ4n) is 4.03. The van der Waals surface area contributed by atoms with Crippen LogP contribution in [0.15, 0.2) is 53.7 Å². The Morgan fingerprint density at radius 1 is 1.00 bits per heavy atom. The molecular weight excluding hydrogens is 461 g/mol. The summed E-state index contributed by atoms with van der Waals surface area (Å²) in [7, 11) is -2.08. The SMILES string of the molecule is COc1ccc(S(=O)(=O)N2CCN(c3ncnc4c3nnn4-c3ccc(F)cc3)CC2)cc1C. The van der Waals surface area contributed by atoms with Crippen LogP contribution in [0.25, 0.3) is 16.9 Å². The van der Waals surface area contributed by atoms with Gasteiger partial charge in [0.2, 0.25) is 10.0 Å². The predicted molar refractivity (Wildman–Crippen MR) is 123 cm³/mol. The number of aryl methyl sites for hydroxylation is 1. The molecule has 4 aromatic rings. The summed E-state index contributed by atoms with van der Waals surface area (Å²) in [6.45, 7) is 3.28. The summed E-state index contributed by atoms with van der Waals surface area (Å²) in [5, 5.41) is 8.41. The van der Waals surface area contributed by atoms with E-state index in [1.165, 1.54) is 27.4 Å². The Bertz CT molecular complexity index is 1450. The van der Waals surface area contributed by atoms with E-state index in [0.29, 0.717) is 54.6 Å². The minimum atomic E-state index is -3.64. The molecule has 3 heterocycles. The highest BCUT2D eigenvalue weighted by atomic mass is 32.2. The normalized spacial score (nSPS) is 15.1. The van der Waals surface area contributed by atoms with Crippen molar-refractivity contribution < 1.29 is 17.5 Å². The third kappa shape index (κ3) is 3.84. The predicted octanol–water partition coefficient (Wildman–Crippen LogP) is 2.18. The van der Waals surface area contributed by atoms with Crippen molar-refractivity contribution in [3.8, 4) is 11.4 Å². The van der Waals surface area contributed by atoms with Crippen LogP contribution in [0.1, 0.15) is 5.56 Å². The van der Waals surface area contributed by atoms with Crippen LogP contribution in [0.4, 0.5) is 10.2 Å². The van der Waals surface area contributed by atoms with E-state index in [9.17, 15) is 12.8 Å². The Balaban J connectivity index is 1.37. The summed E-state index contributed by atoms with van der Waals surface area (Å²) >= 11 is 0. The average molecular weight is 484 g/mol. The zero-order chi connectivity index (χ0) is 23.9. The molecule has 0 amide bonds. The van der Waals surface area contributed by atoms with Gasteiger partial charge in [0.25, 0.3) is 0 Å². The first-order valence-corrected chi connectivity index (χ1v) is 12.0. The lowest BCUT2D eigenvalue weighted by Crippen LogP contribution is -2.49. The summed E-state index contributed by atoms with van der Waals surface area (Å²) < 4.78 is 47.9. The lowest BCUT2D eigenvalue weighted by molar-refractivity contribution is 0.383. The number of piperazine rings is 1. The van der Waals surface area contributed by atoms with Crippen molar-refractivity contribution in [2.45, 2.75) is 11.8 Å². The summed E-state index contributed by atoms with van der Waals surface area (Å²) in [6, 6.07) is 10.7. The van der Waals surface area contributed by atoms with Crippen LogP contribution in [-0.4, -0.2) is 71.0 Å². The number of fused-ring (bicyclic) bond motifs is 1. The van der Waals surface area contributed by atoms with Crippen molar-refractivity contribution in [3.63, 3.8) is 0 Å². The molecule has 0 aliphatic carbocycles. The number of sulfonamides is 1. The maximum atomic E-state index is 13.3. The van der Waals surface area contributed by atoms with Gasteiger partial charge < -0.3 is 9.64 Å². The van der Waals surface area contributed by atoms with Crippen LogP contribution in [0.5, 0.6) is 5.75 Å². The summed E-state index contributed by atoms with van der Waals surface area (Å²) in [5.41, 5.74) is 2.36. The van der Waals surface area contributed by atoms with Gasteiger partial charge in [-0.05, 0) is 55.0 Å². The number of benzene rings is 2.